The number of carbonyl (C=O) groups is 2. The fourth-order valence-corrected chi connectivity index (χ4v) is 4.23. The van der Waals surface area contributed by atoms with Gasteiger partial charge in [0.1, 0.15) is 0 Å². The largest absolute Gasteiger partial charge is 0.340 e. The van der Waals surface area contributed by atoms with Crippen molar-refractivity contribution in [1.82, 2.24) is 14.8 Å². The Kier molecular flexibility index (Phi) is 4.25. The highest BCUT2D eigenvalue weighted by molar-refractivity contribution is 5.84. The van der Waals surface area contributed by atoms with E-state index >= 15 is 0 Å². The monoisotopic (exact) mass is 327 g/mol. The van der Waals surface area contributed by atoms with Gasteiger partial charge in [-0.25, -0.2) is 0 Å². The van der Waals surface area contributed by atoms with Crippen molar-refractivity contribution < 1.29 is 9.59 Å². The predicted molar refractivity (Wildman–Crippen MR) is 90.1 cm³/mol. The minimum Gasteiger partial charge on any atom is -0.340 e. The summed E-state index contributed by atoms with van der Waals surface area (Å²) in [7, 11) is 0. The maximum absolute atomic E-state index is 12.8. The molecule has 2 bridgehead atoms. The molecule has 3 saturated heterocycles. The molecular weight excluding hydrogens is 302 g/mol. The minimum absolute atomic E-state index is 0.00155. The second-order valence-corrected chi connectivity index (χ2v) is 7.55. The lowest BCUT2D eigenvalue weighted by Gasteiger charge is -2.40. The summed E-state index contributed by atoms with van der Waals surface area (Å²) < 4.78 is 0. The van der Waals surface area contributed by atoms with Crippen molar-refractivity contribution in [3.8, 4) is 0 Å². The van der Waals surface area contributed by atoms with Crippen LogP contribution in [0.4, 0.5) is 0 Å². The number of nitrogens with zero attached hydrogens (tertiary/aromatic N) is 3. The summed E-state index contributed by atoms with van der Waals surface area (Å²) in [6.45, 7) is 2.20. The van der Waals surface area contributed by atoms with Crippen LogP contribution in [0.3, 0.4) is 0 Å². The summed E-state index contributed by atoms with van der Waals surface area (Å²) >= 11 is 0. The number of hydrogen-bond acceptors (Lipinski definition) is 3. The fraction of sp³-hybridized carbons (Fsp3) is 0.632. The molecule has 0 unspecified atom stereocenters. The average Bonchev–Trinajstić information content (AvgIpc) is 2.84. The van der Waals surface area contributed by atoms with Gasteiger partial charge < -0.3 is 9.80 Å². The molecule has 0 spiro atoms. The van der Waals surface area contributed by atoms with Crippen LogP contribution in [-0.4, -0.2) is 52.3 Å². The molecule has 4 heterocycles. The second-order valence-electron chi connectivity index (χ2n) is 7.55. The molecule has 0 N–H and O–H groups in total. The SMILES string of the molecule is O=C(Cc1cccnc1)N1C[C@H]2CC[C@@H](C1)N(CC1CCC1)C2=O. The van der Waals surface area contributed by atoms with Gasteiger partial charge in [0.25, 0.3) is 0 Å². The Morgan fingerprint density at radius 1 is 1.21 bits per heavy atom. The van der Waals surface area contributed by atoms with Crippen LogP contribution in [0.5, 0.6) is 0 Å². The first-order valence-electron chi connectivity index (χ1n) is 9.18. The number of amides is 2. The molecule has 24 heavy (non-hydrogen) atoms. The summed E-state index contributed by atoms with van der Waals surface area (Å²) in [5.41, 5.74) is 0.941. The van der Waals surface area contributed by atoms with Crippen LogP contribution in [0.2, 0.25) is 0 Å². The predicted octanol–water partition coefficient (Wildman–Crippen LogP) is 1.87. The average molecular weight is 327 g/mol. The molecule has 0 radical (unpaired) electrons. The first-order chi connectivity index (χ1) is 11.7. The van der Waals surface area contributed by atoms with Crippen molar-refractivity contribution in [2.45, 2.75) is 44.6 Å². The molecule has 0 aromatic carbocycles. The lowest BCUT2D eigenvalue weighted by molar-refractivity contribution is -0.141. The van der Waals surface area contributed by atoms with Crippen LogP contribution in [-0.2, 0) is 16.0 Å². The van der Waals surface area contributed by atoms with E-state index in [0.717, 1.165) is 24.9 Å². The summed E-state index contributed by atoms with van der Waals surface area (Å²) in [6, 6.07) is 4.01. The van der Waals surface area contributed by atoms with Gasteiger partial charge in [-0.15, -0.1) is 0 Å². The van der Waals surface area contributed by atoms with E-state index in [1.807, 2.05) is 17.0 Å². The zero-order chi connectivity index (χ0) is 16.5. The highest BCUT2D eigenvalue weighted by atomic mass is 16.2. The third-order valence-electron chi connectivity index (χ3n) is 5.90. The summed E-state index contributed by atoms with van der Waals surface area (Å²) in [5.74, 6) is 1.10. The van der Waals surface area contributed by atoms with E-state index in [2.05, 4.69) is 9.88 Å². The molecule has 3 aliphatic heterocycles. The van der Waals surface area contributed by atoms with E-state index in [1.54, 1.807) is 12.4 Å². The summed E-state index contributed by atoms with van der Waals surface area (Å²) in [4.78, 5) is 33.6. The van der Waals surface area contributed by atoms with Crippen LogP contribution in [0, 0.1) is 11.8 Å². The molecule has 4 fully saturated rings. The maximum atomic E-state index is 12.8. The van der Waals surface area contributed by atoms with Crippen LogP contribution < -0.4 is 0 Å². The molecule has 4 aliphatic rings. The third-order valence-corrected chi connectivity index (χ3v) is 5.90. The van der Waals surface area contributed by atoms with Crippen LogP contribution in [0.15, 0.2) is 24.5 Å². The topological polar surface area (TPSA) is 53.5 Å². The van der Waals surface area contributed by atoms with Gasteiger partial charge in [-0.1, -0.05) is 12.5 Å². The molecule has 2 atom stereocenters. The van der Waals surface area contributed by atoms with Gasteiger partial charge in [0, 0.05) is 38.1 Å². The van der Waals surface area contributed by atoms with Crippen molar-refractivity contribution in [3.63, 3.8) is 0 Å². The first kappa shape index (κ1) is 15.6. The molecule has 5 nitrogen and oxygen atoms in total. The zero-order valence-electron chi connectivity index (χ0n) is 14.1. The second kappa shape index (κ2) is 6.54. The fourth-order valence-electron chi connectivity index (χ4n) is 4.23. The minimum atomic E-state index is 0.00155. The van der Waals surface area contributed by atoms with Gasteiger partial charge in [-0.3, -0.25) is 14.6 Å². The van der Waals surface area contributed by atoms with Gasteiger partial charge in [-0.2, -0.15) is 0 Å². The van der Waals surface area contributed by atoms with Crippen molar-refractivity contribution in [3.05, 3.63) is 30.1 Å². The van der Waals surface area contributed by atoms with Crippen molar-refractivity contribution in [1.29, 1.82) is 0 Å². The highest BCUT2D eigenvalue weighted by Gasteiger charge is 2.42. The van der Waals surface area contributed by atoms with Crippen molar-refractivity contribution in [2.75, 3.05) is 19.6 Å². The molecule has 5 rings (SSSR count). The third kappa shape index (κ3) is 3.04. The van der Waals surface area contributed by atoms with Crippen LogP contribution in [0.25, 0.3) is 0 Å². The van der Waals surface area contributed by atoms with Gasteiger partial charge in [-0.05, 0) is 43.2 Å². The Balaban J connectivity index is 1.45. The summed E-state index contributed by atoms with van der Waals surface area (Å²) in [5, 5.41) is 0. The Hall–Kier alpha value is -1.91. The molecule has 1 saturated carbocycles. The molecule has 1 aliphatic carbocycles. The van der Waals surface area contributed by atoms with E-state index < -0.39 is 0 Å². The van der Waals surface area contributed by atoms with Crippen molar-refractivity contribution >= 4 is 11.8 Å². The molecule has 5 heteroatoms. The lowest BCUT2D eigenvalue weighted by atomic mass is 9.83. The zero-order valence-corrected chi connectivity index (χ0v) is 14.1. The van der Waals surface area contributed by atoms with E-state index in [9.17, 15) is 9.59 Å². The van der Waals surface area contributed by atoms with Gasteiger partial charge in [0.15, 0.2) is 0 Å². The van der Waals surface area contributed by atoms with Crippen LogP contribution >= 0.6 is 0 Å². The van der Waals surface area contributed by atoms with Gasteiger partial charge in [0.2, 0.25) is 11.8 Å². The Morgan fingerprint density at radius 3 is 2.79 bits per heavy atom. The highest BCUT2D eigenvalue weighted by Crippen LogP contribution is 2.34. The summed E-state index contributed by atoms with van der Waals surface area (Å²) in [6.07, 6.45) is 9.63. The maximum Gasteiger partial charge on any atom is 0.227 e. The molecule has 1 aromatic rings. The number of piperidine rings is 1. The van der Waals surface area contributed by atoms with Gasteiger partial charge in [0.05, 0.1) is 12.3 Å². The first-order valence-corrected chi connectivity index (χ1v) is 9.18. The van der Waals surface area contributed by atoms with E-state index in [-0.39, 0.29) is 23.8 Å². The number of hydrogen-bond donors (Lipinski definition) is 0. The van der Waals surface area contributed by atoms with Gasteiger partial charge >= 0.3 is 0 Å². The molecule has 1 aromatic heterocycles. The van der Waals surface area contributed by atoms with Crippen molar-refractivity contribution in [2.24, 2.45) is 11.8 Å². The number of carbonyl (C=O) groups excluding carboxylic acids is 2. The Labute approximate surface area is 143 Å². The Morgan fingerprint density at radius 2 is 2.08 bits per heavy atom. The normalized spacial score (nSPS) is 27.1. The number of rotatable bonds is 4. The number of fused-ring (bicyclic) bond motifs is 4. The smallest absolute Gasteiger partial charge is 0.227 e. The molecular formula is C19H25N3O2. The number of pyridine rings is 1. The van der Waals surface area contributed by atoms with Crippen LogP contribution in [0.1, 0.15) is 37.7 Å². The Bertz CT molecular complexity index is 614. The standard InChI is InChI=1S/C19H25N3O2/c23-18(9-15-5-2-8-20-10-15)21-12-16-6-7-17(13-21)22(19(16)24)11-14-3-1-4-14/h2,5,8,10,14,16-17H,1,3-4,6-7,9,11-13H2/t16-,17+/m1/s1. The molecule has 2 amide bonds. The van der Waals surface area contributed by atoms with E-state index in [0.29, 0.717) is 25.4 Å². The molecule has 128 valence electrons. The van der Waals surface area contributed by atoms with E-state index in [1.165, 1.54) is 19.3 Å². The number of aromatic nitrogens is 1. The van der Waals surface area contributed by atoms with E-state index in [4.69, 9.17) is 0 Å². The quantitative estimate of drug-likeness (QED) is 0.848. The lowest BCUT2D eigenvalue weighted by Crippen LogP contribution is -2.50.